The van der Waals surface area contributed by atoms with Crippen LogP contribution in [0.25, 0.3) is 0 Å². The maximum atomic E-state index is 13.5. The molecule has 0 saturated carbocycles. The van der Waals surface area contributed by atoms with Gasteiger partial charge in [-0.2, -0.15) is 21.3 Å². The molecule has 7 heteroatoms. The number of nitriles is 1. The van der Waals surface area contributed by atoms with Gasteiger partial charge < -0.3 is 0 Å². The molecule has 0 aliphatic carbocycles. The summed E-state index contributed by atoms with van der Waals surface area (Å²) in [6.07, 6.45) is 1.87. The predicted octanol–water partition coefficient (Wildman–Crippen LogP) is 2.07. The summed E-state index contributed by atoms with van der Waals surface area (Å²) in [5.74, 6) is -0.207. The molecule has 1 aromatic carbocycles. The first kappa shape index (κ1) is 16.0. The molecule has 1 rings (SSSR count). The Balaban J connectivity index is 3.29. The number of sulfonamides is 1. The van der Waals surface area contributed by atoms with Gasteiger partial charge in [-0.15, -0.1) is 0 Å². The molecule has 1 unspecified atom stereocenters. The average molecular weight is 302 g/mol. The standard InChI is InChI=1S/C12H15FN2O2S2/c1-9(8-18-3)15(2)19(16,17)12-6-4-5-11(13)10(12)7-14/h4-6,9H,8H2,1-3H3. The van der Waals surface area contributed by atoms with Gasteiger partial charge in [-0.3, -0.25) is 0 Å². The van der Waals surface area contributed by atoms with Gasteiger partial charge >= 0.3 is 0 Å². The second-order valence-corrected chi connectivity index (χ2v) is 6.93. The van der Waals surface area contributed by atoms with E-state index in [-0.39, 0.29) is 10.9 Å². The Hall–Kier alpha value is -1.10. The molecule has 104 valence electrons. The average Bonchev–Trinajstić information content (AvgIpc) is 2.37. The topological polar surface area (TPSA) is 61.2 Å². The van der Waals surface area contributed by atoms with Crippen LogP contribution in [0.1, 0.15) is 12.5 Å². The monoisotopic (exact) mass is 302 g/mol. The Labute approximate surface area is 117 Å². The van der Waals surface area contributed by atoms with Crippen LogP contribution in [0.2, 0.25) is 0 Å². The van der Waals surface area contributed by atoms with E-state index in [1.165, 1.54) is 35.2 Å². The quantitative estimate of drug-likeness (QED) is 0.835. The van der Waals surface area contributed by atoms with Crippen LogP contribution in [0.5, 0.6) is 0 Å². The summed E-state index contributed by atoms with van der Waals surface area (Å²) >= 11 is 1.52. The SMILES string of the molecule is CSCC(C)N(C)S(=O)(=O)c1cccc(F)c1C#N. The Morgan fingerprint density at radius 3 is 2.68 bits per heavy atom. The number of benzene rings is 1. The second kappa shape index (κ2) is 6.37. The molecule has 19 heavy (non-hydrogen) atoms. The summed E-state index contributed by atoms with van der Waals surface area (Å²) in [6, 6.07) is 4.98. The third-order valence-corrected chi connectivity index (χ3v) is 5.60. The molecule has 1 aromatic rings. The molecule has 0 spiro atoms. The smallest absolute Gasteiger partial charge is 0.207 e. The van der Waals surface area contributed by atoms with Crippen LogP contribution in [0.4, 0.5) is 4.39 Å². The van der Waals surface area contributed by atoms with Gasteiger partial charge in [0, 0.05) is 18.8 Å². The van der Waals surface area contributed by atoms with Crippen molar-refractivity contribution in [2.24, 2.45) is 0 Å². The fourth-order valence-corrected chi connectivity index (χ4v) is 3.88. The molecule has 0 saturated heterocycles. The van der Waals surface area contributed by atoms with Crippen molar-refractivity contribution >= 4 is 21.8 Å². The van der Waals surface area contributed by atoms with E-state index in [0.717, 1.165) is 6.07 Å². The first-order chi connectivity index (χ1) is 8.86. The molecular formula is C12H15FN2O2S2. The number of nitrogens with zero attached hydrogens (tertiary/aromatic N) is 2. The number of hydrogen-bond acceptors (Lipinski definition) is 4. The van der Waals surface area contributed by atoms with Crippen molar-refractivity contribution in [2.75, 3.05) is 19.1 Å². The number of hydrogen-bond donors (Lipinski definition) is 0. The lowest BCUT2D eigenvalue weighted by molar-refractivity contribution is 0.414. The summed E-state index contributed by atoms with van der Waals surface area (Å²) in [6.45, 7) is 1.76. The zero-order chi connectivity index (χ0) is 14.6. The molecule has 0 N–H and O–H groups in total. The highest BCUT2D eigenvalue weighted by atomic mass is 32.2. The summed E-state index contributed by atoms with van der Waals surface area (Å²) in [7, 11) is -2.44. The lowest BCUT2D eigenvalue weighted by atomic mass is 10.2. The van der Waals surface area contributed by atoms with Crippen molar-refractivity contribution in [3.63, 3.8) is 0 Å². The van der Waals surface area contributed by atoms with Crippen molar-refractivity contribution in [2.45, 2.75) is 17.9 Å². The number of halogens is 1. The molecule has 1 atom stereocenters. The fourth-order valence-electron chi connectivity index (χ4n) is 1.57. The van der Waals surface area contributed by atoms with Crippen LogP contribution in [-0.2, 0) is 10.0 Å². The summed E-state index contributed by atoms with van der Waals surface area (Å²) < 4.78 is 39.4. The lowest BCUT2D eigenvalue weighted by Gasteiger charge is -2.24. The van der Waals surface area contributed by atoms with Crippen LogP contribution >= 0.6 is 11.8 Å². The first-order valence-corrected chi connectivity index (χ1v) is 8.35. The first-order valence-electron chi connectivity index (χ1n) is 5.51. The minimum Gasteiger partial charge on any atom is -0.207 e. The zero-order valence-electron chi connectivity index (χ0n) is 10.9. The minimum absolute atomic E-state index is 0.241. The molecule has 0 heterocycles. The van der Waals surface area contributed by atoms with Crippen LogP contribution in [-0.4, -0.2) is 37.8 Å². The predicted molar refractivity (Wildman–Crippen MR) is 73.9 cm³/mol. The van der Waals surface area contributed by atoms with Gasteiger partial charge in [0.15, 0.2) is 0 Å². The summed E-state index contributed by atoms with van der Waals surface area (Å²) in [5.41, 5.74) is -0.439. The molecule has 4 nitrogen and oxygen atoms in total. The summed E-state index contributed by atoms with van der Waals surface area (Å²) in [4.78, 5) is -0.287. The van der Waals surface area contributed by atoms with E-state index in [0.29, 0.717) is 5.75 Å². The second-order valence-electron chi connectivity index (χ2n) is 4.05. The Kier molecular flexibility index (Phi) is 5.35. The number of thioether (sulfide) groups is 1. The largest absolute Gasteiger partial charge is 0.244 e. The molecule has 0 aromatic heterocycles. The molecule has 0 aliphatic heterocycles. The minimum atomic E-state index is -3.87. The van der Waals surface area contributed by atoms with Gasteiger partial charge in [0.25, 0.3) is 0 Å². The van der Waals surface area contributed by atoms with E-state index in [4.69, 9.17) is 5.26 Å². The van der Waals surface area contributed by atoms with Crippen molar-refractivity contribution in [3.8, 4) is 6.07 Å². The highest BCUT2D eigenvalue weighted by molar-refractivity contribution is 7.98. The molecule has 0 bridgehead atoms. The van der Waals surface area contributed by atoms with E-state index in [1.807, 2.05) is 6.26 Å². The third-order valence-electron chi connectivity index (χ3n) is 2.77. The summed E-state index contributed by atoms with van der Waals surface area (Å²) in [5, 5.41) is 8.91. The van der Waals surface area contributed by atoms with Gasteiger partial charge in [0.2, 0.25) is 10.0 Å². The Bertz CT molecular complexity index is 596. The van der Waals surface area contributed by atoms with Gasteiger partial charge in [-0.1, -0.05) is 6.07 Å². The van der Waals surface area contributed by atoms with E-state index in [9.17, 15) is 12.8 Å². The maximum absolute atomic E-state index is 13.5. The van der Waals surface area contributed by atoms with E-state index >= 15 is 0 Å². The van der Waals surface area contributed by atoms with Crippen LogP contribution < -0.4 is 0 Å². The maximum Gasteiger partial charge on any atom is 0.244 e. The highest BCUT2D eigenvalue weighted by Crippen LogP contribution is 2.23. The number of rotatable bonds is 5. The van der Waals surface area contributed by atoms with Crippen LogP contribution in [0.3, 0.4) is 0 Å². The molecule has 0 aliphatic rings. The van der Waals surface area contributed by atoms with Crippen molar-refractivity contribution in [3.05, 3.63) is 29.6 Å². The molecule has 0 radical (unpaired) electrons. The molecule has 0 amide bonds. The van der Waals surface area contributed by atoms with E-state index in [2.05, 4.69) is 0 Å². The van der Waals surface area contributed by atoms with Gasteiger partial charge in [-0.05, 0) is 25.3 Å². The fraction of sp³-hybridized carbons (Fsp3) is 0.417. The van der Waals surface area contributed by atoms with Crippen molar-refractivity contribution in [1.82, 2.24) is 4.31 Å². The van der Waals surface area contributed by atoms with E-state index in [1.54, 1.807) is 13.0 Å². The Morgan fingerprint density at radius 2 is 2.16 bits per heavy atom. The normalized spacial score (nSPS) is 13.3. The third kappa shape index (κ3) is 3.26. The molecule has 0 fully saturated rings. The van der Waals surface area contributed by atoms with Crippen molar-refractivity contribution < 1.29 is 12.8 Å². The highest BCUT2D eigenvalue weighted by Gasteiger charge is 2.28. The Morgan fingerprint density at radius 1 is 1.53 bits per heavy atom. The van der Waals surface area contributed by atoms with E-state index < -0.39 is 21.4 Å². The van der Waals surface area contributed by atoms with Gasteiger partial charge in [0.05, 0.1) is 0 Å². The van der Waals surface area contributed by atoms with Gasteiger partial charge in [0.1, 0.15) is 22.3 Å². The lowest BCUT2D eigenvalue weighted by Crippen LogP contribution is -2.37. The zero-order valence-corrected chi connectivity index (χ0v) is 12.6. The van der Waals surface area contributed by atoms with Gasteiger partial charge in [-0.25, -0.2) is 12.8 Å². The van der Waals surface area contributed by atoms with Crippen molar-refractivity contribution in [1.29, 1.82) is 5.26 Å². The molecular weight excluding hydrogens is 287 g/mol. The van der Waals surface area contributed by atoms with Crippen LogP contribution in [0, 0.1) is 17.1 Å². The van der Waals surface area contributed by atoms with Crippen LogP contribution in [0.15, 0.2) is 23.1 Å².